The van der Waals surface area contributed by atoms with E-state index in [9.17, 15) is 14.7 Å². The second kappa shape index (κ2) is 9.25. The molecule has 1 saturated heterocycles. The molecule has 5 aliphatic rings. The first kappa shape index (κ1) is 22.1. The average molecular weight is 431 g/mol. The number of aliphatic hydroxyl groups excluding tert-OH is 1. The van der Waals surface area contributed by atoms with E-state index in [4.69, 9.17) is 4.74 Å². The van der Waals surface area contributed by atoms with Gasteiger partial charge in [-0.3, -0.25) is 9.59 Å². The summed E-state index contributed by atoms with van der Waals surface area (Å²) in [7, 11) is 0. The number of fused-ring (bicyclic) bond motifs is 3. The fourth-order valence-electron chi connectivity index (χ4n) is 7.91. The molecule has 0 spiro atoms. The highest BCUT2D eigenvalue weighted by Crippen LogP contribution is 2.51. The summed E-state index contributed by atoms with van der Waals surface area (Å²) in [5.74, 6) is 3.65. The number of carbonyl (C=O) groups is 2. The monoisotopic (exact) mass is 430 g/mol. The van der Waals surface area contributed by atoms with Gasteiger partial charge in [0.2, 0.25) is 0 Å². The van der Waals surface area contributed by atoms with Crippen molar-refractivity contribution in [3.8, 4) is 0 Å². The maximum absolute atomic E-state index is 13.3. The van der Waals surface area contributed by atoms with Gasteiger partial charge < -0.3 is 9.84 Å². The first-order valence-corrected chi connectivity index (χ1v) is 13.4. The first-order valence-electron chi connectivity index (χ1n) is 13.4. The predicted octanol–water partition coefficient (Wildman–Crippen LogP) is 5.10. The molecule has 0 aromatic carbocycles. The molecule has 1 N–H and O–H groups in total. The standard InChI is InChI=1S/C27H42O4/c1-16-2-4-17(5-3-16)26(29)19-8-12-24-22(14-19)23-15-20(9-13-25(23)31-24)27(30)18-6-10-21(28)11-7-18/h16-25,28H,2-15H2,1H3. The molecule has 1 heterocycles. The molecule has 5 rings (SSSR count). The molecule has 0 aromatic heterocycles. The Bertz CT molecular complexity index is 602. The third-order valence-electron chi connectivity index (χ3n) is 9.89. The Hall–Kier alpha value is -0.740. The zero-order valence-electron chi connectivity index (χ0n) is 19.3. The quantitative estimate of drug-likeness (QED) is 0.674. The smallest absolute Gasteiger partial charge is 0.139 e. The molecular formula is C27H42O4. The molecule has 1 aliphatic heterocycles. The fraction of sp³-hybridized carbons (Fsp3) is 0.926. The third kappa shape index (κ3) is 4.53. The molecule has 4 heteroatoms. The normalized spacial score (nSPS) is 47.9. The van der Waals surface area contributed by atoms with Crippen molar-refractivity contribution < 1.29 is 19.4 Å². The highest BCUT2D eigenvalue weighted by molar-refractivity contribution is 5.84. The lowest BCUT2D eigenvalue weighted by Crippen LogP contribution is -2.39. The van der Waals surface area contributed by atoms with E-state index in [0.717, 1.165) is 83.0 Å². The molecule has 0 radical (unpaired) electrons. The SMILES string of the molecule is CC1CCC(C(=O)C2CCC3OC4CCC(C(=O)C5CCC(O)CC5)CC4C3C2)CC1. The zero-order valence-corrected chi connectivity index (χ0v) is 19.3. The summed E-state index contributed by atoms with van der Waals surface area (Å²) < 4.78 is 6.49. The molecule has 4 nitrogen and oxygen atoms in total. The third-order valence-corrected chi connectivity index (χ3v) is 9.89. The van der Waals surface area contributed by atoms with Gasteiger partial charge in [-0.25, -0.2) is 0 Å². The van der Waals surface area contributed by atoms with Crippen molar-refractivity contribution in [1.29, 1.82) is 0 Å². The number of carbonyl (C=O) groups excluding carboxylic acids is 2. The lowest BCUT2D eigenvalue weighted by molar-refractivity contribution is -0.131. The van der Waals surface area contributed by atoms with Crippen LogP contribution in [0.2, 0.25) is 0 Å². The van der Waals surface area contributed by atoms with Crippen molar-refractivity contribution in [2.75, 3.05) is 0 Å². The lowest BCUT2D eigenvalue weighted by Gasteiger charge is -2.38. The number of Topliss-reactive ketones (excluding diaryl/α,β-unsaturated/α-hetero) is 2. The van der Waals surface area contributed by atoms with Crippen LogP contribution in [0, 0.1) is 41.4 Å². The van der Waals surface area contributed by atoms with Gasteiger partial charge in [-0.15, -0.1) is 0 Å². The van der Waals surface area contributed by atoms with Crippen LogP contribution in [-0.2, 0) is 14.3 Å². The highest BCUT2D eigenvalue weighted by Gasteiger charge is 2.51. The Balaban J connectivity index is 1.20. The minimum absolute atomic E-state index is 0.164. The summed E-state index contributed by atoms with van der Waals surface area (Å²) in [6.45, 7) is 2.32. The van der Waals surface area contributed by atoms with Crippen LogP contribution in [0.5, 0.6) is 0 Å². The fourth-order valence-corrected chi connectivity index (χ4v) is 7.91. The van der Waals surface area contributed by atoms with Crippen molar-refractivity contribution in [1.82, 2.24) is 0 Å². The largest absolute Gasteiger partial charge is 0.393 e. The molecule has 4 saturated carbocycles. The number of hydrogen-bond acceptors (Lipinski definition) is 4. The van der Waals surface area contributed by atoms with Crippen molar-refractivity contribution in [3.05, 3.63) is 0 Å². The Labute approximate surface area is 187 Å². The lowest BCUT2D eigenvalue weighted by atomic mass is 9.64. The molecule has 6 atom stereocenters. The minimum atomic E-state index is -0.201. The Morgan fingerprint density at radius 1 is 0.613 bits per heavy atom. The molecule has 4 aliphatic carbocycles. The summed E-state index contributed by atoms with van der Waals surface area (Å²) in [6, 6.07) is 0. The predicted molar refractivity (Wildman–Crippen MR) is 119 cm³/mol. The van der Waals surface area contributed by atoms with Crippen LogP contribution in [0.25, 0.3) is 0 Å². The summed E-state index contributed by atoms with van der Waals surface area (Å²) in [6.07, 6.45) is 14.4. The van der Waals surface area contributed by atoms with Crippen LogP contribution in [0.3, 0.4) is 0 Å². The number of rotatable bonds is 4. The van der Waals surface area contributed by atoms with Gasteiger partial charge in [-0.1, -0.05) is 19.8 Å². The van der Waals surface area contributed by atoms with E-state index < -0.39 is 0 Å². The Kier molecular flexibility index (Phi) is 6.59. The molecule has 0 bridgehead atoms. The second-order valence-electron chi connectivity index (χ2n) is 11.8. The molecule has 5 fully saturated rings. The number of hydrogen-bond donors (Lipinski definition) is 1. The van der Waals surface area contributed by atoms with Crippen LogP contribution in [-0.4, -0.2) is 35.0 Å². The number of ether oxygens (including phenoxy) is 1. The molecular weight excluding hydrogens is 388 g/mol. The van der Waals surface area contributed by atoms with Gasteiger partial charge in [0.1, 0.15) is 11.6 Å². The summed E-state index contributed by atoms with van der Waals surface area (Å²) in [4.78, 5) is 26.5. The van der Waals surface area contributed by atoms with E-state index in [1.165, 1.54) is 12.8 Å². The highest BCUT2D eigenvalue weighted by atomic mass is 16.5. The van der Waals surface area contributed by atoms with Gasteiger partial charge in [0.05, 0.1) is 18.3 Å². The topological polar surface area (TPSA) is 63.6 Å². The second-order valence-corrected chi connectivity index (χ2v) is 11.8. The van der Waals surface area contributed by atoms with Crippen LogP contribution in [0.15, 0.2) is 0 Å². The van der Waals surface area contributed by atoms with Gasteiger partial charge in [0, 0.05) is 23.7 Å². The van der Waals surface area contributed by atoms with Gasteiger partial charge >= 0.3 is 0 Å². The van der Waals surface area contributed by atoms with Crippen LogP contribution in [0.1, 0.15) is 96.8 Å². The number of ketones is 2. The van der Waals surface area contributed by atoms with Crippen molar-refractivity contribution in [2.24, 2.45) is 41.4 Å². The molecule has 0 amide bonds. The average Bonchev–Trinajstić information content (AvgIpc) is 3.16. The van der Waals surface area contributed by atoms with E-state index >= 15 is 0 Å². The Morgan fingerprint density at radius 3 is 1.52 bits per heavy atom. The van der Waals surface area contributed by atoms with E-state index in [1.807, 2.05) is 0 Å². The Morgan fingerprint density at radius 2 is 1.03 bits per heavy atom. The number of aliphatic hydroxyl groups is 1. The minimum Gasteiger partial charge on any atom is -0.393 e. The van der Waals surface area contributed by atoms with E-state index in [2.05, 4.69) is 6.92 Å². The first-order chi connectivity index (χ1) is 15.0. The molecule has 174 valence electrons. The van der Waals surface area contributed by atoms with E-state index in [0.29, 0.717) is 41.5 Å². The van der Waals surface area contributed by atoms with Crippen molar-refractivity contribution in [3.63, 3.8) is 0 Å². The molecule has 6 unspecified atom stereocenters. The van der Waals surface area contributed by atoms with E-state index in [-0.39, 0.29) is 23.9 Å². The van der Waals surface area contributed by atoms with E-state index in [1.54, 1.807) is 0 Å². The van der Waals surface area contributed by atoms with Crippen LogP contribution >= 0.6 is 0 Å². The van der Waals surface area contributed by atoms with Crippen molar-refractivity contribution in [2.45, 2.75) is 115 Å². The molecule has 31 heavy (non-hydrogen) atoms. The van der Waals surface area contributed by atoms with Crippen molar-refractivity contribution >= 4 is 11.6 Å². The van der Waals surface area contributed by atoms with Crippen LogP contribution < -0.4 is 0 Å². The van der Waals surface area contributed by atoms with Crippen LogP contribution in [0.4, 0.5) is 0 Å². The van der Waals surface area contributed by atoms with Gasteiger partial charge in [0.25, 0.3) is 0 Å². The van der Waals surface area contributed by atoms with Gasteiger partial charge in [-0.05, 0) is 94.8 Å². The maximum atomic E-state index is 13.3. The summed E-state index contributed by atoms with van der Waals surface area (Å²) in [5.41, 5.74) is 0. The summed E-state index contributed by atoms with van der Waals surface area (Å²) >= 11 is 0. The van der Waals surface area contributed by atoms with Gasteiger partial charge in [-0.2, -0.15) is 0 Å². The van der Waals surface area contributed by atoms with Gasteiger partial charge in [0.15, 0.2) is 0 Å². The molecule has 0 aromatic rings. The zero-order chi connectivity index (χ0) is 21.5. The maximum Gasteiger partial charge on any atom is 0.139 e. The summed E-state index contributed by atoms with van der Waals surface area (Å²) in [5, 5.41) is 9.79.